The second-order valence-corrected chi connectivity index (χ2v) is 6.78. The summed E-state index contributed by atoms with van der Waals surface area (Å²) >= 11 is 0. The predicted molar refractivity (Wildman–Crippen MR) is 110 cm³/mol. The number of halogens is 1. The van der Waals surface area contributed by atoms with Gasteiger partial charge in [-0.05, 0) is 60.7 Å². The standard InChI is InChI=1S/C22H22FN3O5/c1-14(4-2-3-5-20(28)26-30)21(16-8-11-19(27)18(23)12-16)31-22(29)25-17-9-6-15(13-24)7-10-17/h3,5-12,14,21,27,30H,2,4H2,1H3,(H,25,29)(H,26,28)/b5-3+/t14-,21+/m0/s1. The highest BCUT2D eigenvalue weighted by Crippen LogP contribution is 2.32. The molecule has 0 bridgehead atoms. The van der Waals surface area contributed by atoms with Crippen molar-refractivity contribution in [3.05, 3.63) is 71.6 Å². The molecule has 0 aliphatic rings. The van der Waals surface area contributed by atoms with Gasteiger partial charge in [0.15, 0.2) is 11.6 Å². The van der Waals surface area contributed by atoms with Crippen LogP contribution in [0.2, 0.25) is 0 Å². The number of carbonyl (C=O) groups is 2. The van der Waals surface area contributed by atoms with Crippen molar-refractivity contribution in [3.63, 3.8) is 0 Å². The number of ether oxygens (including phenoxy) is 1. The summed E-state index contributed by atoms with van der Waals surface area (Å²) in [6.45, 7) is 1.80. The molecule has 0 radical (unpaired) electrons. The van der Waals surface area contributed by atoms with Crippen molar-refractivity contribution in [2.24, 2.45) is 5.92 Å². The summed E-state index contributed by atoms with van der Waals surface area (Å²) in [6, 6.07) is 11.9. The molecule has 2 atom stereocenters. The first-order valence-electron chi connectivity index (χ1n) is 9.41. The summed E-state index contributed by atoms with van der Waals surface area (Å²) in [7, 11) is 0. The maximum absolute atomic E-state index is 13.9. The number of phenols is 1. The largest absolute Gasteiger partial charge is 0.505 e. The number of phenolic OH excluding ortho intramolecular Hbond substituents is 1. The van der Waals surface area contributed by atoms with Gasteiger partial charge in [-0.1, -0.05) is 19.1 Å². The molecule has 0 unspecified atom stereocenters. The van der Waals surface area contributed by atoms with Gasteiger partial charge in [-0.25, -0.2) is 14.7 Å². The predicted octanol–water partition coefficient (Wildman–Crippen LogP) is 4.17. The van der Waals surface area contributed by atoms with E-state index in [0.29, 0.717) is 29.7 Å². The van der Waals surface area contributed by atoms with Crippen molar-refractivity contribution < 1.29 is 29.0 Å². The van der Waals surface area contributed by atoms with Gasteiger partial charge in [-0.3, -0.25) is 15.3 Å². The Labute approximate surface area is 178 Å². The monoisotopic (exact) mass is 427 g/mol. The average molecular weight is 427 g/mol. The third-order valence-corrected chi connectivity index (χ3v) is 4.48. The third kappa shape index (κ3) is 7.13. The lowest BCUT2D eigenvalue weighted by atomic mass is 9.93. The number of nitrogens with zero attached hydrogens (tertiary/aromatic N) is 1. The number of allylic oxidation sites excluding steroid dienone is 1. The molecule has 0 aromatic heterocycles. The molecule has 0 aliphatic heterocycles. The highest BCUT2D eigenvalue weighted by Gasteiger charge is 2.24. The molecule has 0 fully saturated rings. The Morgan fingerprint density at radius 1 is 1.26 bits per heavy atom. The molecule has 0 saturated heterocycles. The Morgan fingerprint density at radius 3 is 2.58 bits per heavy atom. The van der Waals surface area contributed by atoms with E-state index in [1.165, 1.54) is 23.7 Å². The maximum Gasteiger partial charge on any atom is 0.412 e. The Bertz CT molecular complexity index is 986. The molecule has 8 nitrogen and oxygen atoms in total. The van der Waals surface area contributed by atoms with Gasteiger partial charge in [0.1, 0.15) is 6.10 Å². The molecule has 0 heterocycles. The maximum atomic E-state index is 13.9. The number of amides is 2. The fraction of sp³-hybridized carbons (Fsp3) is 0.227. The fourth-order valence-electron chi connectivity index (χ4n) is 2.84. The number of rotatable bonds is 8. The average Bonchev–Trinajstić information content (AvgIpc) is 2.77. The van der Waals surface area contributed by atoms with Crippen molar-refractivity contribution in [2.45, 2.75) is 25.9 Å². The van der Waals surface area contributed by atoms with Gasteiger partial charge in [-0.15, -0.1) is 0 Å². The van der Waals surface area contributed by atoms with Crippen LogP contribution in [0.3, 0.4) is 0 Å². The molecule has 2 aromatic rings. The van der Waals surface area contributed by atoms with Crippen molar-refractivity contribution in [3.8, 4) is 11.8 Å². The van der Waals surface area contributed by atoms with Gasteiger partial charge in [0, 0.05) is 11.8 Å². The summed E-state index contributed by atoms with van der Waals surface area (Å²) in [5, 5.41) is 29.3. The molecule has 2 aromatic carbocycles. The number of benzene rings is 2. The zero-order valence-corrected chi connectivity index (χ0v) is 16.7. The molecule has 9 heteroatoms. The Morgan fingerprint density at radius 2 is 1.97 bits per heavy atom. The minimum Gasteiger partial charge on any atom is -0.505 e. The van der Waals surface area contributed by atoms with Crippen LogP contribution in [0.5, 0.6) is 5.75 Å². The molecule has 2 amide bonds. The highest BCUT2D eigenvalue weighted by atomic mass is 19.1. The molecular formula is C22H22FN3O5. The molecule has 4 N–H and O–H groups in total. The van der Waals surface area contributed by atoms with E-state index >= 15 is 0 Å². The third-order valence-electron chi connectivity index (χ3n) is 4.48. The van der Waals surface area contributed by atoms with Crippen molar-refractivity contribution in [2.75, 3.05) is 5.32 Å². The Hall–Kier alpha value is -3.90. The second kappa shape index (κ2) is 11.3. The second-order valence-electron chi connectivity index (χ2n) is 6.78. The topological polar surface area (TPSA) is 132 Å². The number of aromatic hydroxyl groups is 1. The van der Waals surface area contributed by atoms with Gasteiger partial charge in [-0.2, -0.15) is 5.26 Å². The zero-order valence-electron chi connectivity index (χ0n) is 16.7. The van der Waals surface area contributed by atoms with Crippen LogP contribution in [0.1, 0.15) is 37.0 Å². The van der Waals surface area contributed by atoms with E-state index in [1.807, 2.05) is 6.07 Å². The van der Waals surface area contributed by atoms with E-state index in [-0.39, 0.29) is 5.92 Å². The molecule has 0 aliphatic carbocycles. The number of anilines is 1. The summed E-state index contributed by atoms with van der Waals surface area (Å²) in [5.41, 5.74) is 2.70. The van der Waals surface area contributed by atoms with Crippen LogP contribution in [0.15, 0.2) is 54.6 Å². The first-order chi connectivity index (χ1) is 14.8. The number of hydrogen-bond acceptors (Lipinski definition) is 6. The van der Waals surface area contributed by atoms with E-state index < -0.39 is 29.7 Å². The van der Waals surface area contributed by atoms with Crippen LogP contribution in [0.4, 0.5) is 14.9 Å². The van der Waals surface area contributed by atoms with Gasteiger partial charge in [0.25, 0.3) is 5.91 Å². The van der Waals surface area contributed by atoms with Gasteiger partial charge in [0.05, 0.1) is 11.6 Å². The van der Waals surface area contributed by atoms with Crippen LogP contribution in [-0.4, -0.2) is 22.3 Å². The first-order valence-corrected chi connectivity index (χ1v) is 9.41. The summed E-state index contributed by atoms with van der Waals surface area (Å²) in [5.74, 6) is -2.30. The van der Waals surface area contributed by atoms with Gasteiger partial charge < -0.3 is 9.84 Å². The van der Waals surface area contributed by atoms with Crippen LogP contribution in [-0.2, 0) is 9.53 Å². The lowest BCUT2D eigenvalue weighted by Gasteiger charge is -2.25. The molecule has 0 saturated carbocycles. The minimum atomic E-state index is -0.842. The summed E-state index contributed by atoms with van der Waals surface area (Å²) < 4.78 is 19.4. The number of nitriles is 1. The number of hydrogen-bond donors (Lipinski definition) is 4. The molecule has 2 rings (SSSR count). The lowest BCUT2D eigenvalue weighted by molar-refractivity contribution is -0.124. The van der Waals surface area contributed by atoms with Crippen LogP contribution < -0.4 is 10.8 Å². The van der Waals surface area contributed by atoms with Crippen LogP contribution >= 0.6 is 0 Å². The quantitative estimate of drug-likeness (QED) is 0.284. The van der Waals surface area contributed by atoms with Crippen LogP contribution in [0.25, 0.3) is 0 Å². The zero-order chi connectivity index (χ0) is 22.8. The molecular weight excluding hydrogens is 405 g/mol. The van der Waals surface area contributed by atoms with Crippen molar-refractivity contribution in [1.82, 2.24) is 5.48 Å². The Kier molecular flexibility index (Phi) is 8.54. The normalized spacial score (nSPS) is 12.6. The van der Waals surface area contributed by atoms with E-state index in [9.17, 15) is 19.1 Å². The highest BCUT2D eigenvalue weighted by molar-refractivity contribution is 5.86. The number of hydroxylamine groups is 1. The van der Waals surface area contributed by atoms with Crippen molar-refractivity contribution >= 4 is 17.7 Å². The molecule has 31 heavy (non-hydrogen) atoms. The first kappa shape index (κ1) is 23.4. The molecule has 162 valence electrons. The lowest BCUT2D eigenvalue weighted by Crippen LogP contribution is -2.22. The van der Waals surface area contributed by atoms with Gasteiger partial charge >= 0.3 is 6.09 Å². The van der Waals surface area contributed by atoms with Crippen molar-refractivity contribution in [1.29, 1.82) is 5.26 Å². The SMILES string of the molecule is C[C@@H](CC/C=C/C(=O)NO)[C@@H](OC(=O)Nc1ccc(C#N)cc1)c1ccc(O)c(F)c1. The minimum absolute atomic E-state index is 0.280. The molecule has 0 spiro atoms. The van der Waals surface area contributed by atoms with E-state index in [2.05, 4.69) is 5.32 Å². The van der Waals surface area contributed by atoms with Gasteiger partial charge in [0.2, 0.25) is 0 Å². The number of nitrogens with one attached hydrogen (secondary N) is 2. The fourth-order valence-corrected chi connectivity index (χ4v) is 2.84. The van der Waals surface area contributed by atoms with E-state index in [0.717, 1.165) is 6.07 Å². The Balaban J connectivity index is 2.13. The number of carbonyl (C=O) groups excluding carboxylic acids is 2. The van der Waals surface area contributed by atoms with E-state index in [1.54, 1.807) is 37.3 Å². The smallest absolute Gasteiger partial charge is 0.412 e. The summed E-state index contributed by atoms with van der Waals surface area (Å²) in [6.07, 6.45) is 2.02. The van der Waals surface area contributed by atoms with E-state index in [4.69, 9.17) is 15.2 Å². The van der Waals surface area contributed by atoms with Crippen LogP contribution in [0, 0.1) is 23.1 Å². The summed E-state index contributed by atoms with van der Waals surface area (Å²) in [4.78, 5) is 23.5.